The summed E-state index contributed by atoms with van der Waals surface area (Å²) in [5, 5.41) is 14.0. The zero-order chi connectivity index (χ0) is 14.8. The van der Waals surface area contributed by atoms with E-state index >= 15 is 0 Å². The van der Waals surface area contributed by atoms with Crippen molar-refractivity contribution in [2.75, 3.05) is 6.54 Å². The Morgan fingerprint density at radius 1 is 1.50 bits per heavy atom. The van der Waals surface area contributed by atoms with Crippen LogP contribution in [0, 0.1) is 0 Å². The summed E-state index contributed by atoms with van der Waals surface area (Å²) in [6, 6.07) is 4.98. The summed E-state index contributed by atoms with van der Waals surface area (Å²) in [4.78, 5) is 19.0. The average molecular weight is 296 g/mol. The van der Waals surface area contributed by atoms with Crippen molar-refractivity contribution in [3.63, 3.8) is 0 Å². The van der Waals surface area contributed by atoms with Crippen LogP contribution in [0.2, 0.25) is 5.02 Å². The molecule has 1 atom stereocenters. The van der Waals surface area contributed by atoms with E-state index in [1.165, 1.54) is 0 Å². The molecule has 0 bridgehead atoms. The van der Waals surface area contributed by atoms with Crippen LogP contribution in [0.3, 0.4) is 0 Å². The van der Waals surface area contributed by atoms with E-state index in [2.05, 4.69) is 15.3 Å². The van der Waals surface area contributed by atoms with Gasteiger partial charge < -0.3 is 15.4 Å². The fourth-order valence-electron chi connectivity index (χ4n) is 1.82. The van der Waals surface area contributed by atoms with Crippen molar-refractivity contribution >= 4 is 22.5 Å². The fourth-order valence-corrected chi connectivity index (χ4v) is 1.99. The Labute approximate surface area is 122 Å². The molecule has 0 saturated heterocycles. The fraction of sp³-hybridized carbons (Fsp3) is 0.429. The number of H-pyrrole nitrogens is 1. The largest absolute Gasteiger partial charge is 0.389 e. The van der Waals surface area contributed by atoms with E-state index in [0.29, 0.717) is 41.3 Å². The molecular weight excluding hydrogens is 278 g/mol. The first-order chi connectivity index (χ1) is 9.41. The van der Waals surface area contributed by atoms with Crippen LogP contribution in [0.5, 0.6) is 0 Å². The van der Waals surface area contributed by atoms with Gasteiger partial charge in [-0.3, -0.25) is 4.79 Å². The summed E-state index contributed by atoms with van der Waals surface area (Å²) in [6.07, 6.45) is 0.650. The van der Waals surface area contributed by atoms with Crippen LogP contribution in [0.25, 0.3) is 10.9 Å². The second kappa shape index (κ2) is 5.91. The molecule has 0 radical (unpaired) electrons. The second-order valence-electron chi connectivity index (χ2n) is 5.13. The van der Waals surface area contributed by atoms with Crippen molar-refractivity contribution < 1.29 is 5.11 Å². The zero-order valence-electron chi connectivity index (χ0n) is 11.5. The number of fused-ring (bicyclic) bond motifs is 1. The minimum Gasteiger partial charge on any atom is -0.389 e. The van der Waals surface area contributed by atoms with E-state index in [-0.39, 0.29) is 5.56 Å². The summed E-state index contributed by atoms with van der Waals surface area (Å²) < 4.78 is 0. The van der Waals surface area contributed by atoms with Crippen LogP contribution >= 0.6 is 11.6 Å². The van der Waals surface area contributed by atoms with E-state index in [0.717, 1.165) is 0 Å². The van der Waals surface area contributed by atoms with Crippen molar-refractivity contribution in [3.05, 3.63) is 39.4 Å². The van der Waals surface area contributed by atoms with Gasteiger partial charge in [0.1, 0.15) is 5.82 Å². The van der Waals surface area contributed by atoms with Crippen LogP contribution in [-0.4, -0.2) is 27.2 Å². The number of aliphatic hydroxyl groups is 1. The molecule has 0 aliphatic rings. The molecular formula is C14H18ClN3O2. The standard InChI is InChI=1S/C14H18ClN3O2/c1-3-14(2,20)8-16-7-12-17-11-6-9(15)4-5-10(11)13(19)18-12/h4-6,16,20H,3,7-8H2,1-2H3,(H,17,18,19). The van der Waals surface area contributed by atoms with Crippen LogP contribution in [0.4, 0.5) is 0 Å². The lowest BCUT2D eigenvalue weighted by Gasteiger charge is -2.21. The van der Waals surface area contributed by atoms with Gasteiger partial charge in [0.15, 0.2) is 0 Å². The van der Waals surface area contributed by atoms with Crippen molar-refractivity contribution in [1.82, 2.24) is 15.3 Å². The molecule has 0 aliphatic carbocycles. The summed E-state index contributed by atoms with van der Waals surface area (Å²) in [6.45, 7) is 4.49. The van der Waals surface area contributed by atoms with E-state index in [1.807, 2.05) is 6.92 Å². The SMILES string of the molecule is CCC(C)(O)CNCc1nc2cc(Cl)ccc2c(=O)[nH]1. The minimum absolute atomic E-state index is 0.189. The van der Waals surface area contributed by atoms with Gasteiger partial charge in [-0.1, -0.05) is 18.5 Å². The number of rotatable bonds is 5. The topological polar surface area (TPSA) is 78.0 Å². The first-order valence-electron chi connectivity index (χ1n) is 6.53. The normalized spacial score (nSPS) is 14.4. The Bertz CT molecular complexity index is 667. The van der Waals surface area contributed by atoms with Gasteiger partial charge in [-0.15, -0.1) is 0 Å². The molecule has 0 amide bonds. The lowest BCUT2D eigenvalue weighted by Crippen LogP contribution is -2.37. The average Bonchev–Trinajstić information content (AvgIpc) is 2.38. The maximum Gasteiger partial charge on any atom is 0.258 e. The number of halogens is 1. The Balaban J connectivity index is 2.17. The number of aromatic amines is 1. The molecule has 2 rings (SSSR count). The van der Waals surface area contributed by atoms with E-state index in [1.54, 1.807) is 25.1 Å². The molecule has 2 aromatic rings. The highest BCUT2D eigenvalue weighted by Crippen LogP contribution is 2.14. The highest BCUT2D eigenvalue weighted by atomic mass is 35.5. The molecule has 1 unspecified atom stereocenters. The van der Waals surface area contributed by atoms with Gasteiger partial charge in [-0.05, 0) is 31.5 Å². The summed E-state index contributed by atoms with van der Waals surface area (Å²) >= 11 is 5.91. The number of hydrogen-bond acceptors (Lipinski definition) is 4. The monoisotopic (exact) mass is 295 g/mol. The van der Waals surface area contributed by atoms with Crippen molar-refractivity contribution in [1.29, 1.82) is 0 Å². The smallest absolute Gasteiger partial charge is 0.258 e. The molecule has 0 saturated carbocycles. The molecule has 5 nitrogen and oxygen atoms in total. The van der Waals surface area contributed by atoms with Gasteiger partial charge in [0.2, 0.25) is 0 Å². The molecule has 0 aliphatic heterocycles. The third-order valence-electron chi connectivity index (χ3n) is 3.28. The van der Waals surface area contributed by atoms with Crippen LogP contribution in [0.15, 0.2) is 23.0 Å². The van der Waals surface area contributed by atoms with E-state index in [9.17, 15) is 9.90 Å². The molecule has 6 heteroatoms. The Kier molecular flexibility index (Phi) is 4.42. The lowest BCUT2D eigenvalue weighted by atomic mass is 10.0. The molecule has 1 heterocycles. The second-order valence-corrected chi connectivity index (χ2v) is 5.56. The lowest BCUT2D eigenvalue weighted by molar-refractivity contribution is 0.0554. The van der Waals surface area contributed by atoms with Gasteiger partial charge in [0.25, 0.3) is 5.56 Å². The summed E-state index contributed by atoms with van der Waals surface area (Å²) in [7, 11) is 0. The molecule has 108 valence electrons. The molecule has 3 N–H and O–H groups in total. The molecule has 1 aromatic heterocycles. The predicted octanol–water partition coefficient (Wildman–Crippen LogP) is 1.83. The molecule has 0 spiro atoms. The first kappa shape index (κ1) is 15.0. The highest BCUT2D eigenvalue weighted by Gasteiger charge is 2.16. The Morgan fingerprint density at radius 2 is 2.25 bits per heavy atom. The van der Waals surface area contributed by atoms with Gasteiger partial charge in [-0.25, -0.2) is 4.98 Å². The number of benzene rings is 1. The van der Waals surface area contributed by atoms with Gasteiger partial charge in [0.05, 0.1) is 23.0 Å². The maximum atomic E-state index is 11.9. The van der Waals surface area contributed by atoms with Crippen LogP contribution in [0.1, 0.15) is 26.1 Å². The van der Waals surface area contributed by atoms with Crippen LogP contribution in [-0.2, 0) is 6.54 Å². The van der Waals surface area contributed by atoms with Crippen molar-refractivity contribution in [2.45, 2.75) is 32.4 Å². The van der Waals surface area contributed by atoms with E-state index < -0.39 is 5.60 Å². The number of hydrogen-bond donors (Lipinski definition) is 3. The van der Waals surface area contributed by atoms with Gasteiger partial charge >= 0.3 is 0 Å². The number of aromatic nitrogens is 2. The Morgan fingerprint density at radius 3 is 2.95 bits per heavy atom. The van der Waals surface area contributed by atoms with Gasteiger partial charge in [0, 0.05) is 11.6 Å². The van der Waals surface area contributed by atoms with E-state index in [4.69, 9.17) is 11.6 Å². The molecule has 1 aromatic carbocycles. The highest BCUT2D eigenvalue weighted by molar-refractivity contribution is 6.31. The Hall–Kier alpha value is -1.43. The number of nitrogens with zero attached hydrogens (tertiary/aromatic N) is 1. The first-order valence-corrected chi connectivity index (χ1v) is 6.90. The number of nitrogens with one attached hydrogen (secondary N) is 2. The van der Waals surface area contributed by atoms with Crippen molar-refractivity contribution in [3.8, 4) is 0 Å². The zero-order valence-corrected chi connectivity index (χ0v) is 12.3. The predicted molar refractivity (Wildman–Crippen MR) is 80.0 cm³/mol. The molecule has 20 heavy (non-hydrogen) atoms. The minimum atomic E-state index is -0.763. The summed E-state index contributed by atoms with van der Waals surface area (Å²) in [5.74, 6) is 0.525. The van der Waals surface area contributed by atoms with Crippen molar-refractivity contribution in [2.24, 2.45) is 0 Å². The third kappa shape index (κ3) is 3.56. The quantitative estimate of drug-likeness (QED) is 0.786. The maximum absolute atomic E-state index is 11.9. The molecule has 0 fully saturated rings. The van der Waals surface area contributed by atoms with Crippen LogP contribution < -0.4 is 10.9 Å². The van der Waals surface area contributed by atoms with Gasteiger partial charge in [-0.2, -0.15) is 0 Å². The third-order valence-corrected chi connectivity index (χ3v) is 3.51. The summed E-state index contributed by atoms with van der Waals surface area (Å²) in [5.41, 5.74) is -0.383.